The number of carbonyl (C=O) groups excluding carboxylic acids is 2. The molecule has 1 heterocycles. The van der Waals surface area contributed by atoms with E-state index in [1.165, 1.54) is 5.56 Å². The summed E-state index contributed by atoms with van der Waals surface area (Å²) in [6, 6.07) is 13.5. The van der Waals surface area contributed by atoms with Crippen LogP contribution in [0.25, 0.3) is 0 Å². The third-order valence-corrected chi connectivity index (χ3v) is 3.57. The molecule has 1 unspecified atom stereocenters. The number of nitrogens with zero attached hydrogens (tertiary/aromatic N) is 1. The zero-order valence-corrected chi connectivity index (χ0v) is 16.1. The van der Waals surface area contributed by atoms with Crippen LogP contribution in [-0.2, 0) is 16.0 Å². The molecule has 6 nitrogen and oxygen atoms in total. The highest BCUT2D eigenvalue weighted by atomic mass is 35.5. The maximum atomic E-state index is 12.1. The number of benzene rings is 1. The van der Waals surface area contributed by atoms with Crippen LogP contribution in [0.5, 0.6) is 0 Å². The molecule has 1 aromatic carbocycles. The zero-order valence-electron chi connectivity index (χ0n) is 14.5. The molecular formula is C18H24Cl2N4O2. The fraction of sp³-hybridized carbons (Fsp3) is 0.278. The SMILES string of the molecule is Cc1ccc(CC(NC(=O)CNC(=O)CN)c2ccccn2)cc1.Cl.Cl. The summed E-state index contributed by atoms with van der Waals surface area (Å²) in [5, 5.41) is 5.38. The third kappa shape index (κ3) is 7.82. The molecular weight excluding hydrogens is 375 g/mol. The number of nitrogens with one attached hydrogen (secondary N) is 2. The van der Waals surface area contributed by atoms with E-state index in [9.17, 15) is 9.59 Å². The Morgan fingerprint density at radius 2 is 1.77 bits per heavy atom. The number of aryl methyl sites for hydroxylation is 1. The van der Waals surface area contributed by atoms with Crippen molar-refractivity contribution in [3.63, 3.8) is 0 Å². The van der Waals surface area contributed by atoms with E-state index in [-0.39, 0.29) is 55.8 Å². The minimum Gasteiger partial charge on any atom is -0.346 e. The first-order valence-electron chi connectivity index (χ1n) is 7.81. The van der Waals surface area contributed by atoms with E-state index in [0.29, 0.717) is 6.42 Å². The Morgan fingerprint density at radius 1 is 1.08 bits per heavy atom. The Morgan fingerprint density at radius 3 is 2.35 bits per heavy atom. The Labute approximate surface area is 165 Å². The maximum Gasteiger partial charge on any atom is 0.239 e. The molecule has 2 amide bonds. The molecule has 0 fully saturated rings. The molecule has 142 valence electrons. The predicted molar refractivity (Wildman–Crippen MR) is 107 cm³/mol. The van der Waals surface area contributed by atoms with Gasteiger partial charge in [-0.15, -0.1) is 24.8 Å². The van der Waals surface area contributed by atoms with E-state index < -0.39 is 0 Å². The first-order valence-corrected chi connectivity index (χ1v) is 7.81. The normalized spacial score (nSPS) is 10.7. The van der Waals surface area contributed by atoms with E-state index in [4.69, 9.17) is 5.73 Å². The first kappa shape index (κ1) is 23.9. The second kappa shape index (κ2) is 12.2. The van der Waals surface area contributed by atoms with Crippen molar-refractivity contribution in [3.8, 4) is 0 Å². The van der Waals surface area contributed by atoms with Crippen molar-refractivity contribution < 1.29 is 9.59 Å². The summed E-state index contributed by atoms with van der Waals surface area (Å²) in [7, 11) is 0. The summed E-state index contributed by atoms with van der Waals surface area (Å²) in [5.41, 5.74) is 8.27. The zero-order chi connectivity index (χ0) is 17.4. The number of hydrogen-bond donors (Lipinski definition) is 3. The van der Waals surface area contributed by atoms with Crippen LogP contribution < -0.4 is 16.4 Å². The number of halogens is 2. The molecule has 2 aromatic rings. The molecule has 0 radical (unpaired) electrons. The first-order chi connectivity index (χ1) is 11.6. The van der Waals surface area contributed by atoms with Gasteiger partial charge in [-0.05, 0) is 31.0 Å². The summed E-state index contributed by atoms with van der Waals surface area (Å²) in [5.74, 6) is -0.641. The monoisotopic (exact) mass is 398 g/mol. The lowest BCUT2D eigenvalue weighted by Crippen LogP contribution is -2.41. The van der Waals surface area contributed by atoms with Crippen LogP contribution in [0.4, 0.5) is 0 Å². The fourth-order valence-electron chi connectivity index (χ4n) is 2.27. The van der Waals surface area contributed by atoms with Crippen LogP contribution in [-0.4, -0.2) is 29.9 Å². The Hall–Kier alpha value is -2.15. The van der Waals surface area contributed by atoms with Crippen LogP contribution in [0.15, 0.2) is 48.7 Å². The van der Waals surface area contributed by atoms with Crippen molar-refractivity contribution in [2.24, 2.45) is 5.73 Å². The summed E-state index contributed by atoms with van der Waals surface area (Å²) < 4.78 is 0. The van der Waals surface area contributed by atoms with Gasteiger partial charge in [0.2, 0.25) is 11.8 Å². The van der Waals surface area contributed by atoms with Crippen LogP contribution >= 0.6 is 24.8 Å². The quantitative estimate of drug-likeness (QED) is 0.660. The standard InChI is InChI=1S/C18H22N4O2.2ClH/c1-13-5-7-14(8-6-13)10-16(15-4-2-3-9-20-15)22-18(24)12-21-17(23)11-19;;/h2-9,16H,10-12,19H2,1H3,(H,21,23)(H,22,24);2*1H. The molecule has 8 heteroatoms. The molecule has 0 bridgehead atoms. The summed E-state index contributed by atoms with van der Waals surface area (Å²) in [4.78, 5) is 27.6. The molecule has 4 N–H and O–H groups in total. The highest BCUT2D eigenvalue weighted by Gasteiger charge is 2.16. The van der Waals surface area contributed by atoms with Gasteiger partial charge in [-0.25, -0.2) is 0 Å². The molecule has 0 saturated carbocycles. The minimum atomic E-state index is -0.363. The molecule has 0 saturated heterocycles. The number of amides is 2. The highest BCUT2D eigenvalue weighted by Crippen LogP contribution is 2.17. The number of aromatic nitrogens is 1. The fourth-order valence-corrected chi connectivity index (χ4v) is 2.27. The van der Waals surface area contributed by atoms with Gasteiger partial charge < -0.3 is 16.4 Å². The average molecular weight is 399 g/mol. The molecule has 0 aliphatic rings. The molecule has 0 spiro atoms. The number of pyridine rings is 1. The van der Waals surface area contributed by atoms with Crippen LogP contribution in [0, 0.1) is 6.92 Å². The van der Waals surface area contributed by atoms with Crippen LogP contribution in [0.2, 0.25) is 0 Å². The molecule has 26 heavy (non-hydrogen) atoms. The predicted octanol–water partition coefficient (Wildman–Crippen LogP) is 1.71. The van der Waals surface area contributed by atoms with Gasteiger partial charge in [0.25, 0.3) is 0 Å². The number of hydrogen-bond acceptors (Lipinski definition) is 4. The Kier molecular flexibility index (Phi) is 11.2. The Balaban J connectivity index is 0.00000312. The van der Waals surface area contributed by atoms with Gasteiger partial charge in [0.05, 0.1) is 24.8 Å². The average Bonchev–Trinajstić information content (AvgIpc) is 2.61. The third-order valence-electron chi connectivity index (χ3n) is 3.57. The molecule has 1 aromatic heterocycles. The van der Waals surface area contributed by atoms with E-state index in [1.807, 2.05) is 49.4 Å². The number of rotatable bonds is 7. The van der Waals surface area contributed by atoms with Gasteiger partial charge in [-0.1, -0.05) is 35.9 Å². The topological polar surface area (TPSA) is 97.1 Å². The van der Waals surface area contributed by atoms with Crippen molar-refractivity contribution in [1.82, 2.24) is 15.6 Å². The van der Waals surface area contributed by atoms with Crippen molar-refractivity contribution in [3.05, 3.63) is 65.5 Å². The lowest BCUT2D eigenvalue weighted by molar-refractivity contribution is -0.125. The smallest absolute Gasteiger partial charge is 0.239 e. The molecule has 0 aliphatic carbocycles. The molecule has 1 atom stereocenters. The van der Waals surface area contributed by atoms with Crippen molar-refractivity contribution in [1.29, 1.82) is 0 Å². The van der Waals surface area contributed by atoms with Gasteiger partial charge in [0.1, 0.15) is 0 Å². The van der Waals surface area contributed by atoms with Crippen molar-refractivity contribution >= 4 is 36.6 Å². The summed E-state index contributed by atoms with van der Waals surface area (Å²) in [6.45, 7) is 1.79. The number of nitrogens with two attached hydrogens (primary N) is 1. The second-order valence-corrected chi connectivity index (χ2v) is 5.55. The molecule has 2 rings (SSSR count). The molecule has 0 aliphatic heterocycles. The minimum absolute atomic E-state index is 0. The van der Waals surface area contributed by atoms with Crippen LogP contribution in [0.1, 0.15) is 22.9 Å². The van der Waals surface area contributed by atoms with E-state index in [0.717, 1.165) is 11.3 Å². The second-order valence-electron chi connectivity index (χ2n) is 5.55. The van der Waals surface area contributed by atoms with E-state index in [2.05, 4.69) is 15.6 Å². The maximum absolute atomic E-state index is 12.1. The van der Waals surface area contributed by atoms with Gasteiger partial charge in [-0.2, -0.15) is 0 Å². The lowest BCUT2D eigenvalue weighted by atomic mass is 10.0. The summed E-state index contributed by atoms with van der Waals surface area (Å²) >= 11 is 0. The van der Waals surface area contributed by atoms with Crippen molar-refractivity contribution in [2.75, 3.05) is 13.1 Å². The van der Waals surface area contributed by atoms with Gasteiger partial charge in [-0.3, -0.25) is 14.6 Å². The van der Waals surface area contributed by atoms with Gasteiger partial charge in [0.15, 0.2) is 0 Å². The largest absolute Gasteiger partial charge is 0.346 e. The van der Waals surface area contributed by atoms with Gasteiger partial charge >= 0.3 is 0 Å². The lowest BCUT2D eigenvalue weighted by Gasteiger charge is -2.19. The number of carbonyl (C=O) groups is 2. The highest BCUT2D eigenvalue weighted by molar-refractivity contribution is 5.86. The summed E-state index contributed by atoms with van der Waals surface area (Å²) in [6.07, 6.45) is 2.31. The van der Waals surface area contributed by atoms with E-state index >= 15 is 0 Å². The van der Waals surface area contributed by atoms with Gasteiger partial charge in [0, 0.05) is 6.20 Å². The van der Waals surface area contributed by atoms with Crippen molar-refractivity contribution in [2.45, 2.75) is 19.4 Å². The Bertz CT molecular complexity index is 681. The van der Waals surface area contributed by atoms with E-state index in [1.54, 1.807) is 6.20 Å². The van der Waals surface area contributed by atoms with Crippen LogP contribution in [0.3, 0.4) is 0 Å².